The van der Waals surface area contributed by atoms with E-state index in [1.807, 2.05) is 31.4 Å². The summed E-state index contributed by atoms with van der Waals surface area (Å²) in [5, 5.41) is 5.73. The Morgan fingerprint density at radius 2 is 2.33 bits per heavy atom. The molecule has 0 fully saturated rings. The van der Waals surface area contributed by atoms with Crippen LogP contribution in [0.15, 0.2) is 29.8 Å². The number of nitrogens with one attached hydrogen (secondary N) is 1. The molecule has 4 nitrogen and oxygen atoms in total. The molecule has 0 aliphatic carbocycles. The van der Waals surface area contributed by atoms with Gasteiger partial charge in [-0.3, -0.25) is 4.79 Å². The maximum absolute atomic E-state index is 12.2. The summed E-state index contributed by atoms with van der Waals surface area (Å²) in [4.78, 5) is 16.4. The molecule has 0 spiro atoms. The van der Waals surface area contributed by atoms with Gasteiger partial charge in [-0.25, -0.2) is 4.98 Å². The number of rotatable bonds is 3. The molecule has 21 heavy (non-hydrogen) atoms. The molecule has 0 radical (unpaired) electrons. The average Bonchev–Trinajstić information content (AvgIpc) is 3.00. The van der Waals surface area contributed by atoms with Crippen LogP contribution < -0.4 is 11.1 Å². The average molecular weight is 299 g/mol. The van der Waals surface area contributed by atoms with Gasteiger partial charge in [0, 0.05) is 22.7 Å². The number of hydrogen-bond acceptors (Lipinski definition) is 4. The van der Waals surface area contributed by atoms with E-state index >= 15 is 0 Å². The molecule has 1 atom stereocenters. The Hall–Kier alpha value is -2.16. The van der Waals surface area contributed by atoms with Crippen LogP contribution in [0.5, 0.6) is 0 Å². The summed E-state index contributed by atoms with van der Waals surface area (Å²) in [6.07, 6.45) is 1.73. The summed E-state index contributed by atoms with van der Waals surface area (Å²) in [5.74, 6) is 5.69. The molecule has 2 rings (SSSR count). The van der Waals surface area contributed by atoms with Crippen molar-refractivity contribution in [2.75, 3.05) is 6.54 Å². The van der Waals surface area contributed by atoms with Crippen LogP contribution >= 0.6 is 11.3 Å². The van der Waals surface area contributed by atoms with Crippen molar-refractivity contribution in [2.45, 2.75) is 19.9 Å². The summed E-state index contributed by atoms with van der Waals surface area (Å²) in [5.41, 5.74) is 7.84. The van der Waals surface area contributed by atoms with Crippen molar-refractivity contribution in [2.24, 2.45) is 5.73 Å². The number of amides is 1. The van der Waals surface area contributed by atoms with Crippen molar-refractivity contribution >= 4 is 17.2 Å². The Labute approximate surface area is 128 Å². The van der Waals surface area contributed by atoms with E-state index in [2.05, 4.69) is 22.1 Å². The maximum atomic E-state index is 12.2. The first-order valence-electron chi connectivity index (χ1n) is 6.61. The Balaban J connectivity index is 2.11. The third kappa shape index (κ3) is 3.91. The fourth-order valence-corrected chi connectivity index (χ4v) is 2.53. The molecule has 0 aliphatic heterocycles. The Morgan fingerprint density at radius 1 is 1.52 bits per heavy atom. The topological polar surface area (TPSA) is 68.0 Å². The summed E-state index contributed by atoms with van der Waals surface area (Å²) in [7, 11) is 0. The predicted octanol–water partition coefficient (Wildman–Crippen LogP) is 2.25. The fraction of sp³-hybridized carbons (Fsp3) is 0.250. The minimum Gasteiger partial charge on any atom is -0.343 e. The first-order chi connectivity index (χ1) is 10.1. The molecule has 0 saturated carbocycles. The Kier molecular flexibility index (Phi) is 5.09. The fourth-order valence-electron chi connectivity index (χ4n) is 1.88. The number of benzene rings is 1. The molecule has 1 unspecified atom stereocenters. The second-order valence-corrected chi connectivity index (χ2v) is 5.53. The quantitative estimate of drug-likeness (QED) is 0.854. The van der Waals surface area contributed by atoms with Crippen molar-refractivity contribution in [3.63, 3.8) is 0 Å². The zero-order valence-electron chi connectivity index (χ0n) is 12.0. The van der Waals surface area contributed by atoms with Crippen LogP contribution in [-0.4, -0.2) is 17.4 Å². The van der Waals surface area contributed by atoms with E-state index < -0.39 is 0 Å². The monoisotopic (exact) mass is 299 g/mol. The van der Waals surface area contributed by atoms with Gasteiger partial charge >= 0.3 is 0 Å². The lowest BCUT2D eigenvalue weighted by atomic mass is 10.0. The number of carbonyl (C=O) groups is 1. The highest BCUT2D eigenvalue weighted by Crippen LogP contribution is 2.16. The van der Waals surface area contributed by atoms with Gasteiger partial charge in [0.05, 0.1) is 12.6 Å². The van der Waals surface area contributed by atoms with Gasteiger partial charge in [-0.05, 0) is 37.6 Å². The first-order valence-corrected chi connectivity index (χ1v) is 7.49. The number of hydrogen-bond donors (Lipinski definition) is 2. The van der Waals surface area contributed by atoms with Crippen LogP contribution in [0.4, 0.5) is 0 Å². The predicted molar refractivity (Wildman–Crippen MR) is 85.1 cm³/mol. The van der Waals surface area contributed by atoms with Crippen molar-refractivity contribution in [3.8, 4) is 11.8 Å². The molecule has 5 heteroatoms. The molecule has 2 aromatic rings. The molecule has 3 N–H and O–H groups in total. The molecule has 0 bridgehead atoms. The zero-order chi connectivity index (χ0) is 15.2. The van der Waals surface area contributed by atoms with Crippen LogP contribution in [0.3, 0.4) is 0 Å². The van der Waals surface area contributed by atoms with Crippen molar-refractivity contribution in [1.82, 2.24) is 10.3 Å². The van der Waals surface area contributed by atoms with Crippen LogP contribution in [-0.2, 0) is 0 Å². The summed E-state index contributed by atoms with van der Waals surface area (Å²) in [6.45, 7) is 4.18. The van der Waals surface area contributed by atoms with Crippen molar-refractivity contribution in [1.29, 1.82) is 0 Å². The Morgan fingerprint density at radius 3 is 2.95 bits per heavy atom. The minimum atomic E-state index is -0.112. The summed E-state index contributed by atoms with van der Waals surface area (Å²) >= 11 is 1.53. The van der Waals surface area contributed by atoms with Crippen molar-refractivity contribution < 1.29 is 4.79 Å². The highest BCUT2D eigenvalue weighted by Gasteiger charge is 2.13. The SMILES string of the molecule is Cc1cc(C(=O)NC(C)c2nccs2)ccc1C#CCN. The van der Waals surface area contributed by atoms with E-state index in [-0.39, 0.29) is 11.9 Å². The zero-order valence-corrected chi connectivity index (χ0v) is 12.8. The number of thiazole rings is 1. The summed E-state index contributed by atoms with van der Waals surface area (Å²) < 4.78 is 0. The van der Waals surface area contributed by atoms with E-state index in [1.165, 1.54) is 11.3 Å². The van der Waals surface area contributed by atoms with Gasteiger partial charge in [-0.2, -0.15) is 0 Å². The number of aromatic nitrogens is 1. The highest BCUT2D eigenvalue weighted by atomic mass is 32.1. The van der Waals surface area contributed by atoms with Gasteiger partial charge in [-0.15, -0.1) is 11.3 Å². The lowest BCUT2D eigenvalue weighted by Crippen LogP contribution is -2.26. The van der Waals surface area contributed by atoms with E-state index in [4.69, 9.17) is 5.73 Å². The molecule has 1 amide bonds. The van der Waals surface area contributed by atoms with Crippen molar-refractivity contribution in [3.05, 3.63) is 51.5 Å². The smallest absolute Gasteiger partial charge is 0.251 e. The molecule has 1 aromatic heterocycles. The first kappa shape index (κ1) is 15.2. The molecule has 0 saturated heterocycles. The van der Waals surface area contributed by atoms with Gasteiger partial charge < -0.3 is 11.1 Å². The van der Waals surface area contributed by atoms with Gasteiger partial charge in [0.15, 0.2) is 0 Å². The van der Waals surface area contributed by atoms with E-state index in [9.17, 15) is 4.79 Å². The highest BCUT2D eigenvalue weighted by molar-refractivity contribution is 7.09. The van der Waals surface area contributed by atoms with Crippen LogP contribution in [0.1, 0.15) is 39.5 Å². The number of aryl methyl sites for hydroxylation is 1. The third-order valence-electron chi connectivity index (χ3n) is 2.98. The maximum Gasteiger partial charge on any atom is 0.251 e. The molecular weight excluding hydrogens is 282 g/mol. The number of nitrogens with zero attached hydrogens (tertiary/aromatic N) is 1. The van der Waals surface area contributed by atoms with Gasteiger partial charge in [0.25, 0.3) is 5.91 Å². The molecule has 0 aliphatic rings. The standard InChI is InChI=1S/C16H17N3OS/c1-11-10-14(6-5-13(11)4-3-7-17)15(20)19-12(2)16-18-8-9-21-16/h5-6,8-10,12H,7,17H2,1-2H3,(H,19,20). The van der Waals surface area contributed by atoms with Crippen LogP contribution in [0, 0.1) is 18.8 Å². The van der Waals surface area contributed by atoms with Gasteiger partial charge in [0.1, 0.15) is 5.01 Å². The van der Waals surface area contributed by atoms with E-state index in [0.29, 0.717) is 12.1 Å². The second kappa shape index (κ2) is 7.02. The number of nitrogens with two attached hydrogens (primary N) is 1. The lowest BCUT2D eigenvalue weighted by molar-refractivity contribution is 0.0939. The second-order valence-electron chi connectivity index (χ2n) is 4.60. The summed E-state index contributed by atoms with van der Waals surface area (Å²) in [6, 6.07) is 5.36. The van der Waals surface area contributed by atoms with Crippen LogP contribution in [0.25, 0.3) is 0 Å². The lowest BCUT2D eigenvalue weighted by Gasteiger charge is -2.12. The largest absolute Gasteiger partial charge is 0.343 e. The third-order valence-corrected chi connectivity index (χ3v) is 3.94. The molecule has 108 valence electrons. The van der Waals surface area contributed by atoms with Gasteiger partial charge in [0.2, 0.25) is 0 Å². The van der Waals surface area contributed by atoms with Gasteiger partial charge in [-0.1, -0.05) is 11.8 Å². The normalized spacial score (nSPS) is 11.4. The minimum absolute atomic E-state index is 0.102. The molecule has 1 heterocycles. The van der Waals surface area contributed by atoms with Crippen LogP contribution in [0.2, 0.25) is 0 Å². The van der Waals surface area contributed by atoms with E-state index in [1.54, 1.807) is 12.3 Å². The molecular formula is C16H17N3OS. The number of carbonyl (C=O) groups excluding carboxylic acids is 1. The molecule has 1 aromatic carbocycles. The Bertz CT molecular complexity index is 683. The van der Waals surface area contributed by atoms with E-state index in [0.717, 1.165) is 16.1 Å².